The van der Waals surface area contributed by atoms with Gasteiger partial charge in [-0.2, -0.15) is 8.78 Å². The van der Waals surface area contributed by atoms with Crippen LogP contribution in [0, 0.1) is 3.57 Å². The molecule has 1 rings (SSSR count). The van der Waals surface area contributed by atoms with Crippen molar-refractivity contribution in [3.8, 4) is 5.75 Å². The molecule has 0 heterocycles. The summed E-state index contributed by atoms with van der Waals surface area (Å²) in [6, 6.07) is 2.90. The predicted molar refractivity (Wildman–Crippen MR) is 65.2 cm³/mol. The lowest BCUT2D eigenvalue weighted by Crippen LogP contribution is -2.06. The Labute approximate surface area is 106 Å². The van der Waals surface area contributed by atoms with Gasteiger partial charge in [0, 0.05) is 9.13 Å². The van der Waals surface area contributed by atoms with Crippen LogP contribution in [0.15, 0.2) is 12.1 Å². The second-order valence-corrected chi connectivity index (χ2v) is 4.31. The molecule has 0 spiro atoms. The molecule has 0 saturated carbocycles. The van der Waals surface area contributed by atoms with Gasteiger partial charge in [-0.1, -0.05) is 6.92 Å². The number of benzene rings is 1. The van der Waals surface area contributed by atoms with Crippen LogP contribution in [0.3, 0.4) is 0 Å². The van der Waals surface area contributed by atoms with E-state index in [1.807, 2.05) is 29.5 Å². The van der Waals surface area contributed by atoms with Crippen molar-refractivity contribution in [3.63, 3.8) is 0 Å². The summed E-state index contributed by atoms with van der Waals surface area (Å²) < 4.78 is 29.3. The van der Waals surface area contributed by atoms with E-state index >= 15 is 0 Å². The van der Waals surface area contributed by atoms with Gasteiger partial charge in [-0.05, 0) is 53.6 Å². The zero-order chi connectivity index (χ0) is 12.3. The normalized spacial score (nSPS) is 10.6. The number of ketones is 1. The smallest absolute Gasteiger partial charge is 0.387 e. The van der Waals surface area contributed by atoms with Crippen LogP contribution in [-0.4, -0.2) is 12.4 Å². The van der Waals surface area contributed by atoms with Gasteiger partial charge in [0.25, 0.3) is 0 Å². The van der Waals surface area contributed by atoms with Gasteiger partial charge in [-0.3, -0.25) is 4.79 Å². The number of Topliss-reactive ketones (excluding diaryl/α,β-unsaturated/α-hetero) is 1. The molecule has 0 fully saturated rings. The molecule has 0 aromatic heterocycles. The second kappa shape index (κ2) is 5.56. The summed E-state index contributed by atoms with van der Waals surface area (Å²) in [6.07, 6.45) is 0.666. The van der Waals surface area contributed by atoms with Gasteiger partial charge in [-0.25, -0.2) is 0 Å². The molecule has 5 heteroatoms. The molecule has 0 atom stereocenters. The van der Waals surface area contributed by atoms with E-state index in [-0.39, 0.29) is 11.5 Å². The highest BCUT2D eigenvalue weighted by Gasteiger charge is 2.13. The summed E-state index contributed by atoms with van der Waals surface area (Å²) in [7, 11) is 0. The van der Waals surface area contributed by atoms with Crippen LogP contribution in [0.5, 0.6) is 5.75 Å². The summed E-state index contributed by atoms with van der Waals surface area (Å²) in [5.41, 5.74) is 1.26. The van der Waals surface area contributed by atoms with Crippen LogP contribution in [0.2, 0.25) is 0 Å². The number of halogens is 3. The van der Waals surface area contributed by atoms with Crippen molar-refractivity contribution in [1.82, 2.24) is 0 Å². The first-order valence-electron chi connectivity index (χ1n) is 4.73. The summed E-state index contributed by atoms with van der Waals surface area (Å²) in [6.45, 7) is 0.431. The van der Waals surface area contributed by atoms with Crippen LogP contribution in [0.1, 0.15) is 29.8 Å². The third kappa shape index (κ3) is 3.13. The van der Waals surface area contributed by atoms with E-state index in [4.69, 9.17) is 0 Å². The number of carbonyl (C=O) groups excluding carboxylic acids is 1. The van der Waals surface area contributed by atoms with Crippen LogP contribution < -0.4 is 4.74 Å². The molecular weight excluding hydrogens is 329 g/mol. The van der Waals surface area contributed by atoms with Gasteiger partial charge in [-0.15, -0.1) is 0 Å². The minimum atomic E-state index is -2.87. The number of alkyl halides is 2. The van der Waals surface area contributed by atoms with Crippen LogP contribution in [0.4, 0.5) is 8.78 Å². The Morgan fingerprint density at radius 2 is 2.12 bits per heavy atom. The highest BCUT2D eigenvalue weighted by molar-refractivity contribution is 14.1. The number of hydrogen-bond acceptors (Lipinski definition) is 2. The van der Waals surface area contributed by atoms with Crippen molar-refractivity contribution in [2.45, 2.75) is 26.9 Å². The molecule has 0 bridgehead atoms. The van der Waals surface area contributed by atoms with Gasteiger partial charge in [0.2, 0.25) is 0 Å². The third-order valence-electron chi connectivity index (χ3n) is 2.11. The molecule has 0 saturated heterocycles. The first-order chi connectivity index (χ1) is 7.45. The van der Waals surface area contributed by atoms with Crippen LogP contribution >= 0.6 is 22.6 Å². The third-order valence-corrected chi connectivity index (χ3v) is 3.38. The molecule has 2 nitrogen and oxygen atoms in total. The molecule has 88 valence electrons. The summed E-state index contributed by atoms with van der Waals surface area (Å²) in [5, 5.41) is 0. The molecule has 1 aromatic rings. The Kier molecular flexibility index (Phi) is 4.64. The van der Waals surface area contributed by atoms with Crippen molar-refractivity contribution < 1.29 is 18.3 Å². The van der Waals surface area contributed by atoms with Gasteiger partial charge < -0.3 is 4.74 Å². The lowest BCUT2D eigenvalue weighted by atomic mass is 10.1. The minimum absolute atomic E-state index is 0.0393. The number of ether oxygens (including phenoxy) is 1. The Bertz CT molecular complexity index is 405. The Morgan fingerprint density at radius 3 is 2.56 bits per heavy atom. The average molecular weight is 340 g/mol. The zero-order valence-corrected chi connectivity index (χ0v) is 11.0. The minimum Gasteiger partial charge on any atom is -0.435 e. The van der Waals surface area contributed by atoms with E-state index in [0.29, 0.717) is 12.0 Å². The Balaban J connectivity index is 3.23. The molecule has 0 aliphatic rings. The fourth-order valence-electron chi connectivity index (χ4n) is 1.34. The molecular formula is C11H11F2IO2. The number of aryl methyl sites for hydroxylation is 1. The lowest BCUT2D eigenvalue weighted by Gasteiger charge is -2.11. The molecule has 1 aromatic carbocycles. The molecule has 0 aliphatic carbocycles. The number of rotatable bonds is 4. The molecule has 0 radical (unpaired) electrons. The molecule has 0 aliphatic heterocycles. The highest BCUT2D eigenvalue weighted by atomic mass is 127. The standard InChI is InChI=1S/C11H11F2IO2/c1-3-7-4-8(16-11(12)13)5-9(6(2)15)10(7)14/h4-5,11H,3H2,1-2H3. The van der Waals surface area contributed by atoms with Crippen molar-refractivity contribution in [1.29, 1.82) is 0 Å². The van der Waals surface area contributed by atoms with Gasteiger partial charge in [0.15, 0.2) is 5.78 Å². The van der Waals surface area contributed by atoms with E-state index in [1.54, 1.807) is 6.07 Å². The maximum atomic E-state index is 12.1. The molecule has 0 amide bonds. The van der Waals surface area contributed by atoms with E-state index in [1.165, 1.54) is 13.0 Å². The van der Waals surface area contributed by atoms with Crippen LogP contribution in [0.25, 0.3) is 0 Å². The lowest BCUT2D eigenvalue weighted by molar-refractivity contribution is -0.0499. The first-order valence-corrected chi connectivity index (χ1v) is 5.81. The fraction of sp³-hybridized carbons (Fsp3) is 0.364. The van der Waals surface area contributed by atoms with Gasteiger partial charge in [0.1, 0.15) is 5.75 Å². The SMILES string of the molecule is CCc1cc(OC(F)F)cc(C(C)=O)c1I. The number of carbonyl (C=O) groups is 1. The van der Waals surface area contributed by atoms with E-state index in [0.717, 1.165) is 9.13 Å². The van der Waals surface area contributed by atoms with E-state index in [2.05, 4.69) is 4.74 Å². The Morgan fingerprint density at radius 1 is 1.50 bits per heavy atom. The second-order valence-electron chi connectivity index (χ2n) is 3.23. The van der Waals surface area contributed by atoms with Gasteiger partial charge in [0.05, 0.1) is 0 Å². The monoisotopic (exact) mass is 340 g/mol. The number of hydrogen-bond donors (Lipinski definition) is 0. The summed E-state index contributed by atoms with van der Waals surface area (Å²) >= 11 is 2.04. The maximum absolute atomic E-state index is 12.1. The summed E-state index contributed by atoms with van der Waals surface area (Å²) in [4.78, 5) is 11.3. The van der Waals surface area contributed by atoms with Crippen LogP contribution in [-0.2, 0) is 6.42 Å². The highest BCUT2D eigenvalue weighted by Crippen LogP contribution is 2.26. The van der Waals surface area contributed by atoms with Crippen molar-refractivity contribution in [2.75, 3.05) is 0 Å². The molecule has 0 unspecified atom stereocenters. The topological polar surface area (TPSA) is 26.3 Å². The van der Waals surface area contributed by atoms with Crippen molar-refractivity contribution in [2.24, 2.45) is 0 Å². The largest absolute Gasteiger partial charge is 0.435 e. The average Bonchev–Trinajstić information content (AvgIpc) is 2.19. The zero-order valence-electron chi connectivity index (χ0n) is 8.89. The molecule has 16 heavy (non-hydrogen) atoms. The molecule has 0 N–H and O–H groups in total. The predicted octanol–water partition coefficient (Wildman–Crippen LogP) is 3.66. The Hall–Kier alpha value is -0.720. The van der Waals surface area contributed by atoms with Crippen molar-refractivity contribution in [3.05, 3.63) is 26.8 Å². The summed E-state index contributed by atoms with van der Waals surface area (Å²) in [5.74, 6) is -0.115. The van der Waals surface area contributed by atoms with Gasteiger partial charge >= 0.3 is 6.61 Å². The maximum Gasteiger partial charge on any atom is 0.387 e. The van der Waals surface area contributed by atoms with Crippen molar-refractivity contribution >= 4 is 28.4 Å². The van der Waals surface area contributed by atoms with E-state index < -0.39 is 6.61 Å². The van der Waals surface area contributed by atoms with E-state index in [9.17, 15) is 13.6 Å². The first kappa shape index (κ1) is 13.3. The quantitative estimate of drug-likeness (QED) is 0.618. The fourth-order valence-corrected chi connectivity index (χ4v) is 2.41.